The molecule has 6 heterocycles. The van der Waals surface area contributed by atoms with Gasteiger partial charge in [-0.25, -0.2) is 0 Å². The molecule has 4 aliphatic rings. The van der Waals surface area contributed by atoms with Gasteiger partial charge >= 0.3 is 0 Å². The molecule has 0 radical (unpaired) electrons. The summed E-state index contributed by atoms with van der Waals surface area (Å²) in [5.74, 6) is -0.982. The molecule has 8 rings (SSSR count). The maximum absolute atomic E-state index is 12.6. The van der Waals surface area contributed by atoms with E-state index in [9.17, 15) is 19.2 Å². The van der Waals surface area contributed by atoms with Crippen LogP contribution >= 0.6 is 22.7 Å². The Kier molecular flexibility index (Phi) is 7.62. The predicted octanol–water partition coefficient (Wildman–Crippen LogP) is 3.84. The molecule has 0 spiro atoms. The van der Waals surface area contributed by atoms with Gasteiger partial charge in [0.05, 0.1) is 19.5 Å². The molecule has 192 valence electrons. The number of nitrogens with one attached hydrogen (secondary N) is 4. The van der Waals surface area contributed by atoms with Crippen molar-refractivity contribution in [2.45, 2.75) is 26.2 Å². The molecule has 4 aliphatic heterocycles. The van der Waals surface area contributed by atoms with Crippen LogP contribution in [-0.4, -0.2) is 23.6 Å². The summed E-state index contributed by atoms with van der Waals surface area (Å²) in [4.78, 5) is 52.2. The minimum atomic E-state index is -0.246. The fraction of sp³-hybridized carbons (Fsp3) is 0.143. The highest BCUT2D eigenvalue weighted by molar-refractivity contribution is 7.16. The average molecular weight is 545 g/mol. The largest absolute Gasteiger partial charge is 0.347 e. The summed E-state index contributed by atoms with van der Waals surface area (Å²) >= 11 is 2.28. The Hall–Kier alpha value is -4.28. The van der Waals surface area contributed by atoms with Gasteiger partial charge in [-0.1, -0.05) is 48.5 Å². The molecule has 0 unspecified atom stereocenters. The Balaban J connectivity index is 1.33. The van der Waals surface area contributed by atoms with Crippen molar-refractivity contribution in [3.05, 3.63) is 115 Å². The third kappa shape index (κ3) is 6.16. The van der Waals surface area contributed by atoms with E-state index in [4.69, 9.17) is 0 Å². The highest BCUT2D eigenvalue weighted by Crippen LogP contribution is 2.18. The van der Waals surface area contributed by atoms with Crippen molar-refractivity contribution < 1.29 is 19.2 Å². The third-order valence-electron chi connectivity index (χ3n) is 5.97. The van der Waals surface area contributed by atoms with Crippen molar-refractivity contribution in [2.24, 2.45) is 0 Å². The molecule has 8 bridgehead atoms. The molecule has 10 heteroatoms. The van der Waals surface area contributed by atoms with Gasteiger partial charge in [0.25, 0.3) is 23.6 Å². The number of carbonyl (C=O) groups is 4. The zero-order valence-electron chi connectivity index (χ0n) is 20.2. The van der Waals surface area contributed by atoms with E-state index >= 15 is 0 Å². The fourth-order valence-electron chi connectivity index (χ4n) is 3.79. The summed E-state index contributed by atoms with van der Waals surface area (Å²) in [5.41, 5.74) is 3.63. The fourth-order valence-corrected chi connectivity index (χ4v) is 5.47. The van der Waals surface area contributed by atoms with Crippen molar-refractivity contribution >= 4 is 46.3 Å². The van der Waals surface area contributed by atoms with Crippen LogP contribution in [0.3, 0.4) is 0 Å². The highest BCUT2D eigenvalue weighted by atomic mass is 32.1. The maximum Gasteiger partial charge on any atom is 0.261 e. The summed E-state index contributed by atoms with van der Waals surface area (Å²) in [6.45, 7) is 1.34. The second-order valence-corrected chi connectivity index (χ2v) is 10.9. The molecule has 0 aliphatic carbocycles. The molecule has 0 saturated heterocycles. The van der Waals surface area contributed by atoms with E-state index < -0.39 is 0 Å². The Labute approximate surface area is 227 Å². The van der Waals surface area contributed by atoms with Crippen LogP contribution in [0.25, 0.3) is 0 Å². The van der Waals surface area contributed by atoms with E-state index in [1.54, 1.807) is 24.3 Å². The Morgan fingerprint density at radius 1 is 0.368 bits per heavy atom. The van der Waals surface area contributed by atoms with E-state index in [-0.39, 0.29) is 23.6 Å². The molecular weight excluding hydrogens is 520 g/mol. The van der Waals surface area contributed by atoms with Crippen LogP contribution in [0.15, 0.2) is 72.8 Å². The Morgan fingerprint density at radius 2 is 0.579 bits per heavy atom. The average Bonchev–Trinajstić information content (AvgIpc) is 3.64. The van der Waals surface area contributed by atoms with Gasteiger partial charge in [0.15, 0.2) is 0 Å². The first-order valence-electron chi connectivity index (χ1n) is 11.9. The standard InChI is InChI=1S/C28H24N4O4S2/c33-25-21-9-10-23(37-21)27(35)31-15-19-5-7-20(8-6-19)16-32-28(36)24-12-11-22(38-24)26(34)30-14-18-2-1-17(3-4-18)13-29-25/h1-12H,13-16H2,(H,29,33)(H,30,34)(H,31,35)(H,32,36). The van der Waals surface area contributed by atoms with E-state index in [1.165, 1.54) is 0 Å². The summed E-state index contributed by atoms with van der Waals surface area (Å²) < 4.78 is 0. The predicted molar refractivity (Wildman–Crippen MR) is 146 cm³/mol. The molecule has 2 aromatic heterocycles. The Morgan fingerprint density at radius 3 is 0.789 bits per heavy atom. The summed E-state index contributed by atoms with van der Waals surface area (Å²) in [7, 11) is 0. The van der Waals surface area contributed by atoms with Crippen LogP contribution < -0.4 is 21.3 Å². The lowest BCUT2D eigenvalue weighted by Gasteiger charge is -2.08. The van der Waals surface area contributed by atoms with Gasteiger partial charge in [0.2, 0.25) is 0 Å². The van der Waals surface area contributed by atoms with Crippen LogP contribution in [0.1, 0.15) is 60.9 Å². The van der Waals surface area contributed by atoms with Gasteiger partial charge in [0, 0.05) is 26.2 Å². The zero-order chi connectivity index (χ0) is 26.5. The van der Waals surface area contributed by atoms with Gasteiger partial charge in [-0.15, -0.1) is 22.7 Å². The number of hydrogen-bond donors (Lipinski definition) is 4. The van der Waals surface area contributed by atoms with Gasteiger partial charge in [-0.05, 0) is 46.5 Å². The quantitative estimate of drug-likeness (QED) is 0.269. The summed E-state index contributed by atoms with van der Waals surface area (Å²) in [5, 5.41) is 11.5. The van der Waals surface area contributed by atoms with Crippen molar-refractivity contribution in [3.63, 3.8) is 0 Å². The van der Waals surface area contributed by atoms with Gasteiger partial charge in [-0.2, -0.15) is 0 Å². The second-order valence-electron chi connectivity index (χ2n) is 8.69. The van der Waals surface area contributed by atoms with Crippen LogP contribution in [0, 0.1) is 0 Å². The molecule has 0 fully saturated rings. The molecule has 4 aromatic rings. The number of amides is 4. The van der Waals surface area contributed by atoms with Crippen molar-refractivity contribution in [2.75, 3.05) is 0 Å². The number of rotatable bonds is 0. The van der Waals surface area contributed by atoms with E-state index in [1.807, 2.05) is 48.5 Å². The monoisotopic (exact) mass is 544 g/mol. The van der Waals surface area contributed by atoms with Crippen LogP contribution in [0.2, 0.25) is 0 Å². The molecule has 4 N–H and O–H groups in total. The van der Waals surface area contributed by atoms with Gasteiger partial charge in [0.1, 0.15) is 0 Å². The minimum Gasteiger partial charge on any atom is -0.347 e. The van der Waals surface area contributed by atoms with E-state index in [0.29, 0.717) is 45.7 Å². The van der Waals surface area contributed by atoms with Gasteiger partial charge in [-0.3, -0.25) is 19.2 Å². The number of thiophene rings is 2. The first kappa shape index (κ1) is 25.4. The lowest BCUT2D eigenvalue weighted by molar-refractivity contribution is 0.0945. The molecule has 4 amide bonds. The number of benzene rings is 2. The summed E-state index contributed by atoms with van der Waals surface area (Å²) in [6, 6.07) is 21.7. The maximum atomic E-state index is 12.6. The number of carbonyl (C=O) groups excluding carboxylic acids is 4. The SMILES string of the molecule is O=C1NCc2ccc(cc2)CNC(=O)c2ccc(s2)C(=O)NCc2ccc(cc2)CNC(=O)c2ccc1s2. The molecule has 2 aromatic carbocycles. The smallest absolute Gasteiger partial charge is 0.261 e. The minimum absolute atomic E-state index is 0.246. The molecule has 8 nitrogen and oxygen atoms in total. The van der Waals surface area contributed by atoms with Crippen molar-refractivity contribution in [1.29, 1.82) is 0 Å². The van der Waals surface area contributed by atoms with Crippen molar-refractivity contribution in [3.8, 4) is 0 Å². The zero-order valence-corrected chi connectivity index (χ0v) is 21.8. The van der Waals surface area contributed by atoms with Gasteiger partial charge < -0.3 is 21.3 Å². The van der Waals surface area contributed by atoms with Crippen LogP contribution in [0.5, 0.6) is 0 Å². The normalized spacial score (nSPS) is 14.9. The Bertz CT molecular complexity index is 1270. The van der Waals surface area contributed by atoms with Crippen molar-refractivity contribution in [1.82, 2.24) is 21.3 Å². The topological polar surface area (TPSA) is 116 Å². The third-order valence-corrected chi connectivity index (χ3v) is 8.13. The molecule has 0 atom stereocenters. The lowest BCUT2D eigenvalue weighted by Crippen LogP contribution is -2.23. The second kappa shape index (κ2) is 11.4. The van der Waals surface area contributed by atoms with Crippen LogP contribution in [0.4, 0.5) is 0 Å². The highest BCUT2D eigenvalue weighted by Gasteiger charge is 2.15. The molecule has 38 heavy (non-hydrogen) atoms. The first-order valence-corrected chi connectivity index (χ1v) is 13.6. The summed E-state index contributed by atoms with van der Waals surface area (Å²) in [6.07, 6.45) is 0. The van der Waals surface area contributed by atoms with E-state index in [2.05, 4.69) is 21.3 Å². The van der Waals surface area contributed by atoms with E-state index in [0.717, 1.165) is 44.9 Å². The molecular formula is C28H24N4O4S2. The lowest BCUT2D eigenvalue weighted by atomic mass is 10.1. The molecule has 0 saturated carbocycles. The first-order chi connectivity index (χ1) is 18.4. The van der Waals surface area contributed by atoms with Crippen LogP contribution in [-0.2, 0) is 26.2 Å². The number of hydrogen-bond acceptors (Lipinski definition) is 6.